The lowest BCUT2D eigenvalue weighted by molar-refractivity contribution is -0.000671. The van der Waals surface area contributed by atoms with E-state index in [1.807, 2.05) is 0 Å². The van der Waals surface area contributed by atoms with Crippen LogP contribution in [-0.4, -0.2) is 27.4 Å². The minimum Gasteiger partial charge on any atom is -0.396 e. The summed E-state index contributed by atoms with van der Waals surface area (Å²) in [5.74, 6) is -1.83. The quantitative estimate of drug-likeness (QED) is 0.742. The second kappa shape index (κ2) is 3.82. The first kappa shape index (κ1) is 11.0. The summed E-state index contributed by atoms with van der Waals surface area (Å²) in [6.07, 6.45) is -0.203. The predicted octanol–water partition coefficient (Wildman–Crippen LogP) is -0.144. The number of nitrogens with two attached hydrogens (primary N) is 1. The SMILES string of the molecule is Nc1nc(=O)n([C@@H]2C[C@H](CO)[C@H]2F)cc1F. The van der Waals surface area contributed by atoms with Crippen LogP contribution in [0.4, 0.5) is 14.6 Å². The fourth-order valence-corrected chi connectivity index (χ4v) is 1.83. The van der Waals surface area contributed by atoms with Gasteiger partial charge in [-0.3, -0.25) is 4.57 Å². The van der Waals surface area contributed by atoms with E-state index < -0.39 is 35.5 Å². The summed E-state index contributed by atoms with van der Waals surface area (Å²) in [4.78, 5) is 14.6. The van der Waals surface area contributed by atoms with Gasteiger partial charge in [0.2, 0.25) is 0 Å². The minimum atomic E-state index is -1.35. The molecule has 1 aliphatic rings. The predicted molar refractivity (Wildman–Crippen MR) is 52.0 cm³/mol. The molecule has 0 aromatic carbocycles. The van der Waals surface area contributed by atoms with Crippen molar-refractivity contribution in [2.45, 2.75) is 18.6 Å². The van der Waals surface area contributed by atoms with Gasteiger partial charge in [-0.05, 0) is 6.42 Å². The number of aliphatic hydroxyl groups excluding tert-OH is 1. The van der Waals surface area contributed by atoms with E-state index in [1.165, 1.54) is 0 Å². The van der Waals surface area contributed by atoms with E-state index in [0.29, 0.717) is 6.42 Å². The first-order valence-corrected chi connectivity index (χ1v) is 4.83. The number of aliphatic hydroxyl groups is 1. The smallest absolute Gasteiger partial charge is 0.350 e. The molecule has 16 heavy (non-hydrogen) atoms. The van der Waals surface area contributed by atoms with Crippen molar-refractivity contribution in [1.82, 2.24) is 9.55 Å². The van der Waals surface area contributed by atoms with E-state index >= 15 is 0 Å². The molecule has 3 atom stereocenters. The number of hydrogen-bond acceptors (Lipinski definition) is 4. The molecule has 0 spiro atoms. The number of halogens is 2. The van der Waals surface area contributed by atoms with Crippen molar-refractivity contribution in [1.29, 1.82) is 0 Å². The lowest BCUT2D eigenvalue weighted by Crippen LogP contribution is -2.46. The van der Waals surface area contributed by atoms with E-state index in [4.69, 9.17) is 10.8 Å². The van der Waals surface area contributed by atoms with Crippen molar-refractivity contribution < 1.29 is 13.9 Å². The van der Waals surface area contributed by atoms with Crippen molar-refractivity contribution in [3.63, 3.8) is 0 Å². The molecule has 1 saturated carbocycles. The van der Waals surface area contributed by atoms with Gasteiger partial charge in [0.1, 0.15) is 6.17 Å². The van der Waals surface area contributed by atoms with Crippen molar-refractivity contribution in [3.05, 3.63) is 22.5 Å². The van der Waals surface area contributed by atoms with Gasteiger partial charge in [0.05, 0.1) is 6.04 Å². The van der Waals surface area contributed by atoms with Gasteiger partial charge in [-0.15, -0.1) is 0 Å². The number of alkyl halides is 1. The highest BCUT2D eigenvalue weighted by Crippen LogP contribution is 2.39. The molecular formula is C9H11F2N3O2. The Morgan fingerprint density at radius 2 is 2.38 bits per heavy atom. The third kappa shape index (κ3) is 1.57. The molecule has 1 aromatic heterocycles. The highest BCUT2D eigenvalue weighted by atomic mass is 19.1. The fraction of sp³-hybridized carbons (Fsp3) is 0.556. The lowest BCUT2D eigenvalue weighted by atomic mass is 9.78. The van der Waals surface area contributed by atoms with Gasteiger partial charge in [-0.2, -0.15) is 4.98 Å². The monoisotopic (exact) mass is 231 g/mol. The Morgan fingerprint density at radius 3 is 2.94 bits per heavy atom. The zero-order chi connectivity index (χ0) is 11.9. The lowest BCUT2D eigenvalue weighted by Gasteiger charge is -2.39. The number of anilines is 1. The van der Waals surface area contributed by atoms with Gasteiger partial charge < -0.3 is 10.8 Å². The molecule has 1 heterocycles. The summed E-state index contributed by atoms with van der Waals surface area (Å²) in [6, 6.07) is -0.757. The van der Waals surface area contributed by atoms with Crippen LogP contribution < -0.4 is 11.4 Å². The summed E-state index contributed by atoms with van der Waals surface area (Å²) < 4.78 is 27.4. The molecule has 3 N–H and O–H groups in total. The first-order chi connectivity index (χ1) is 7.54. The molecule has 0 amide bonds. The molecule has 0 aliphatic heterocycles. The van der Waals surface area contributed by atoms with Crippen LogP contribution in [0.5, 0.6) is 0 Å². The summed E-state index contributed by atoms with van der Waals surface area (Å²) in [5, 5.41) is 8.75. The third-order valence-corrected chi connectivity index (χ3v) is 2.89. The maximum Gasteiger partial charge on any atom is 0.350 e. The first-order valence-electron chi connectivity index (χ1n) is 4.83. The molecule has 5 nitrogen and oxygen atoms in total. The molecule has 1 aliphatic carbocycles. The van der Waals surface area contributed by atoms with Crippen LogP contribution in [0.1, 0.15) is 12.5 Å². The largest absolute Gasteiger partial charge is 0.396 e. The average Bonchev–Trinajstić information content (AvgIpc) is 2.24. The standard InChI is InChI=1S/C9H11F2N3O2/c10-5-2-14(9(16)13-8(5)12)6-1-4(3-15)7(6)11/h2,4,6-7,15H,1,3H2,(H2,12,13,16)/t4-,6-,7-/m1/s1. The van der Waals surface area contributed by atoms with E-state index in [9.17, 15) is 13.6 Å². The summed E-state index contributed by atoms with van der Waals surface area (Å²) >= 11 is 0. The maximum absolute atomic E-state index is 13.4. The third-order valence-electron chi connectivity index (χ3n) is 2.89. The summed E-state index contributed by atoms with van der Waals surface area (Å²) in [6.45, 7) is -0.280. The highest BCUT2D eigenvalue weighted by Gasteiger charge is 2.42. The molecule has 0 unspecified atom stereocenters. The summed E-state index contributed by atoms with van der Waals surface area (Å²) in [5.41, 5.74) is 4.33. The van der Waals surface area contributed by atoms with E-state index in [0.717, 1.165) is 10.8 Å². The normalized spacial score (nSPS) is 28.8. The van der Waals surface area contributed by atoms with Crippen LogP contribution in [0.15, 0.2) is 11.0 Å². The topological polar surface area (TPSA) is 81.1 Å². The molecular weight excluding hydrogens is 220 g/mol. The van der Waals surface area contributed by atoms with Gasteiger partial charge in [0.15, 0.2) is 11.6 Å². The molecule has 0 bridgehead atoms. The van der Waals surface area contributed by atoms with Gasteiger partial charge in [-0.1, -0.05) is 0 Å². The Bertz CT molecular complexity index is 463. The number of aromatic nitrogens is 2. The highest BCUT2D eigenvalue weighted by molar-refractivity contribution is 5.26. The van der Waals surface area contributed by atoms with Crippen LogP contribution in [0.2, 0.25) is 0 Å². The van der Waals surface area contributed by atoms with Gasteiger partial charge in [-0.25, -0.2) is 13.6 Å². The Labute approximate surface area is 89.5 Å². The number of rotatable bonds is 2. The van der Waals surface area contributed by atoms with Gasteiger partial charge in [0, 0.05) is 18.7 Å². The molecule has 0 radical (unpaired) electrons. The van der Waals surface area contributed by atoms with E-state index in [1.54, 1.807) is 0 Å². The second-order valence-corrected chi connectivity index (χ2v) is 3.85. The van der Waals surface area contributed by atoms with Crippen LogP contribution in [-0.2, 0) is 0 Å². The Balaban J connectivity index is 2.30. The maximum atomic E-state index is 13.4. The van der Waals surface area contributed by atoms with Gasteiger partial charge >= 0.3 is 5.69 Å². The Hall–Kier alpha value is -1.50. The molecule has 7 heteroatoms. The number of hydrogen-bond donors (Lipinski definition) is 2. The van der Waals surface area contributed by atoms with Crippen molar-refractivity contribution >= 4 is 5.82 Å². The molecule has 0 saturated heterocycles. The zero-order valence-electron chi connectivity index (χ0n) is 8.31. The number of nitrogen functional groups attached to an aromatic ring is 1. The van der Waals surface area contributed by atoms with Crippen LogP contribution in [0, 0.1) is 11.7 Å². The summed E-state index contributed by atoms with van der Waals surface area (Å²) in [7, 11) is 0. The zero-order valence-corrected chi connectivity index (χ0v) is 8.31. The Kier molecular flexibility index (Phi) is 2.63. The molecule has 88 valence electrons. The van der Waals surface area contributed by atoms with Gasteiger partial charge in [0.25, 0.3) is 0 Å². The second-order valence-electron chi connectivity index (χ2n) is 3.85. The van der Waals surface area contributed by atoms with E-state index in [2.05, 4.69) is 4.98 Å². The minimum absolute atomic E-state index is 0.280. The molecule has 1 aromatic rings. The van der Waals surface area contributed by atoms with Crippen molar-refractivity contribution in [3.8, 4) is 0 Å². The number of nitrogens with zero attached hydrogens (tertiary/aromatic N) is 2. The van der Waals surface area contributed by atoms with Crippen molar-refractivity contribution in [2.24, 2.45) is 5.92 Å². The average molecular weight is 231 g/mol. The Morgan fingerprint density at radius 1 is 1.69 bits per heavy atom. The van der Waals surface area contributed by atoms with E-state index in [-0.39, 0.29) is 6.61 Å². The van der Waals surface area contributed by atoms with Crippen molar-refractivity contribution in [2.75, 3.05) is 12.3 Å². The van der Waals surface area contributed by atoms with Crippen LogP contribution in [0.3, 0.4) is 0 Å². The fourth-order valence-electron chi connectivity index (χ4n) is 1.83. The molecule has 2 rings (SSSR count). The van der Waals surface area contributed by atoms with Crippen LogP contribution in [0.25, 0.3) is 0 Å². The van der Waals surface area contributed by atoms with Crippen LogP contribution >= 0.6 is 0 Å². The molecule has 1 fully saturated rings.